The van der Waals surface area contributed by atoms with Crippen LogP contribution < -0.4 is 20.9 Å². The number of aryl methyl sites for hydroxylation is 1. The average Bonchev–Trinajstić information content (AvgIpc) is 3.30. The Kier molecular flexibility index (Phi) is 6.33. The highest BCUT2D eigenvalue weighted by Gasteiger charge is 2.10. The van der Waals surface area contributed by atoms with Gasteiger partial charge in [-0.05, 0) is 61.0 Å². The van der Waals surface area contributed by atoms with Gasteiger partial charge in [-0.2, -0.15) is 0 Å². The van der Waals surface area contributed by atoms with Gasteiger partial charge in [0, 0.05) is 29.8 Å². The lowest BCUT2D eigenvalue weighted by Crippen LogP contribution is -2.19. The number of ether oxygens (including phenoxy) is 1. The van der Waals surface area contributed by atoms with E-state index in [1.165, 1.54) is 6.20 Å². The Bertz CT molecular complexity index is 1280. The molecule has 3 amide bonds. The fourth-order valence-corrected chi connectivity index (χ4v) is 3.12. The quantitative estimate of drug-likeness (QED) is 0.213. The maximum Gasteiger partial charge on any atom is 0.323 e. The Morgan fingerprint density at radius 3 is 2.48 bits per heavy atom. The average molecular weight is 443 g/mol. The molecule has 4 rings (SSSR count). The zero-order chi connectivity index (χ0) is 23.2. The summed E-state index contributed by atoms with van der Waals surface area (Å²) in [5.74, 6) is 0.496. The van der Waals surface area contributed by atoms with Crippen LogP contribution in [0.4, 0.5) is 16.2 Å². The molecule has 0 aliphatic rings. The molecule has 0 aliphatic heterocycles. The van der Waals surface area contributed by atoms with Crippen molar-refractivity contribution >= 4 is 23.3 Å². The number of nitrogens with one attached hydrogen (secondary N) is 4. The summed E-state index contributed by atoms with van der Waals surface area (Å²) >= 11 is 0. The first-order chi connectivity index (χ1) is 16.0. The first-order valence-electron chi connectivity index (χ1n) is 10.0. The Labute approximate surface area is 189 Å². The highest BCUT2D eigenvalue weighted by atomic mass is 16.5. The predicted octanol–water partition coefficient (Wildman–Crippen LogP) is 4.94. The number of anilines is 2. The molecule has 0 aliphatic carbocycles. The molecule has 0 atom stereocenters. The SMILES string of the molecule is Cc1cccc(NC(=O)Nc2ccc(Oc3ccnc(-c4cc(C(=O)NO)c[nH]4)c3)cc2)c1. The lowest BCUT2D eigenvalue weighted by Gasteiger charge is -2.10. The number of aromatic amines is 1. The second-order valence-corrected chi connectivity index (χ2v) is 7.19. The Balaban J connectivity index is 1.39. The molecule has 0 saturated carbocycles. The normalized spacial score (nSPS) is 10.4. The smallest absolute Gasteiger partial charge is 0.323 e. The highest BCUT2D eigenvalue weighted by molar-refractivity contribution is 5.99. The van der Waals surface area contributed by atoms with Gasteiger partial charge in [0.05, 0.1) is 17.0 Å². The standard InChI is InChI=1S/C24H21N5O4/c1-15-3-2-4-18(11-15)28-24(31)27-17-5-7-19(8-6-17)33-20-9-10-25-22(13-20)21-12-16(14-26-21)23(30)29-32/h2-14,26,32H,1H3,(H,29,30)(H2,27,28,31). The summed E-state index contributed by atoms with van der Waals surface area (Å²) in [7, 11) is 0. The van der Waals surface area contributed by atoms with Crippen LogP contribution in [0, 0.1) is 6.92 Å². The van der Waals surface area contributed by atoms with Gasteiger partial charge in [-0.25, -0.2) is 10.3 Å². The van der Waals surface area contributed by atoms with Crippen molar-refractivity contribution < 1.29 is 19.5 Å². The van der Waals surface area contributed by atoms with E-state index in [0.29, 0.717) is 34.3 Å². The number of nitrogens with zero attached hydrogens (tertiary/aromatic N) is 1. The summed E-state index contributed by atoms with van der Waals surface area (Å²) < 4.78 is 5.88. The number of benzene rings is 2. The number of carbonyl (C=O) groups is 2. The number of amides is 3. The molecule has 0 saturated heterocycles. The fourth-order valence-electron chi connectivity index (χ4n) is 3.12. The van der Waals surface area contributed by atoms with E-state index in [-0.39, 0.29) is 11.6 Å². The van der Waals surface area contributed by atoms with Gasteiger partial charge in [-0.15, -0.1) is 0 Å². The minimum atomic E-state index is -0.619. The summed E-state index contributed by atoms with van der Waals surface area (Å²) in [5, 5.41) is 14.3. The van der Waals surface area contributed by atoms with E-state index in [1.807, 2.05) is 31.2 Å². The first kappa shape index (κ1) is 21.6. The number of pyridine rings is 1. The number of rotatable bonds is 6. The topological polar surface area (TPSA) is 128 Å². The number of urea groups is 1. The van der Waals surface area contributed by atoms with Crippen molar-refractivity contribution in [3.8, 4) is 22.9 Å². The summed E-state index contributed by atoms with van der Waals surface area (Å²) in [5.41, 5.74) is 5.41. The van der Waals surface area contributed by atoms with Crippen molar-refractivity contribution in [2.75, 3.05) is 10.6 Å². The van der Waals surface area contributed by atoms with Crippen LogP contribution in [0.25, 0.3) is 11.4 Å². The van der Waals surface area contributed by atoms with E-state index in [0.717, 1.165) is 5.56 Å². The maximum absolute atomic E-state index is 12.2. The fraction of sp³-hybridized carbons (Fsp3) is 0.0417. The van der Waals surface area contributed by atoms with Gasteiger partial charge in [-0.1, -0.05) is 12.1 Å². The molecule has 4 aromatic rings. The van der Waals surface area contributed by atoms with Gasteiger partial charge in [0.15, 0.2) is 0 Å². The number of carbonyl (C=O) groups excluding carboxylic acids is 2. The first-order valence-corrected chi connectivity index (χ1v) is 10.0. The lowest BCUT2D eigenvalue weighted by atomic mass is 10.2. The minimum Gasteiger partial charge on any atom is -0.457 e. The van der Waals surface area contributed by atoms with Gasteiger partial charge in [0.2, 0.25) is 0 Å². The monoisotopic (exact) mass is 443 g/mol. The second kappa shape index (κ2) is 9.67. The van der Waals surface area contributed by atoms with Crippen molar-refractivity contribution in [2.24, 2.45) is 0 Å². The molecule has 0 spiro atoms. The van der Waals surface area contributed by atoms with E-state index in [9.17, 15) is 9.59 Å². The van der Waals surface area contributed by atoms with Crippen molar-refractivity contribution in [2.45, 2.75) is 6.92 Å². The van der Waals surface area contributed by atoms with E-state index < -0.39 is 5.91 Å². The third-order valence-corrected chi connectivity index (χ3v) is 4.68. The van der Waals surface area contributed by atoms with E-state index in [1.54, 1.807) is 54.1 Å². The molecule has 0 unspecified atom stereocenters. The molecule has 0 fully saturated rings. The van der Waals surface area contributed by atoms with E-state index in [4.69, 9.17) is 9.94 Å². The third-order valence-electron chi connectivity index (χ3n) is 4.68. The van der Waals surface area contributed by atoms with Crippen molar-refractivity contribution in [3.05, 3.63) is 90.3 Å². The second-order valence-electron chi connectivity index (χ2n) is 7.19. The van der Waals surface area contributed by atoms with E-state index >= 15 is 0 Å². The van der Waals surface area contributed by atoms with Gasteiger partial charge >= 0.3 is 6.03 Å². The molecule has 166 valence electrons. The highest BCUT2D eigenvalue weighted by Crippen LogP contribution is 2.26. The van der Waals surface area contributed by atoms with Crippen LogP contribution in [0.2, 0.25) is 0 Å². The minimum absolute atomic E-state index is 0.273. The van der Waals surface area contributed by atoms with Gasteiger partial charge < -0.3 is 20.4 Å². The van der Waals surface area contributed by atoms with Crippen molar-refractivity contribution in [1.82, 2.24) is 15.4 Å². The van der Waals surface area contributed by atoms with Gasteiger partial charge in [-0.3, -0.25) is 15.0 Å². The number of hydroxylamine groups is 1. The molecular weight excluding hydrogens is 422 g/mol. The molecule has 0 radical (unpaired) electrons. The van der Waals surface area contributed by atoms with Crippen LogP contribution in [0.1, 0.15) is 15.9 Å². The van der Waals surface area contributed by atoms with Crippen molar-refractivity contribution in [3.63, 3.8) is 0 Å². The predicted molar refractivity (Wildman–Crippen MR) is 124 cm³/mol. The molecule has 0 bridgehead atoms. The molecule has 2 aromatic heterocycles. The molecule has 9 nitrogen and oxygen atoms in total. The van der Waals surface area contributed by atoms with Crippen LogP contribution in [0.3, 0.4) is 0 Å². The lowest BCUT2D eigenvalue weighted by molar-refractivity contribution is 0.0706. The third kappa shape index (κ3) is 5.54. The largest absolute Gasteiger partial charge is 0.457 e. The summed E-state index contributed by atoms with van der Waals surface area (Å²) in [6, 6.07) is 19.1. The maximum atomic E-state index is 12.2. The number of hydrogen-bond donors (Lipinski definition) is 5. The summed E-state index contributed by atoms with van der Waals surface area (Å²) in [6.07, 6.45) is 3.06. The zero-order valence-electron chi connectivity index (χ0n) is 17.6. The van der Waals surface area contributed by atoms with Crippen LogP contribution in [0.5, 0.6) is 11.5 Å². The summed E-state index contributed by atoms with van der Waals surface area (Å²) in [6.45, 7) is 1.96. The Morgan fingerprint density at radius 1 is 0.939 bits per heavy atom. The zero-order valence-corrected chi connectivity index (χ0v) is 17.6. The molecular formula is C24H21N5O4. The molecule has 9 heteroatoms. The number of aromatic nitrogens is 2. The molecule has 33 heavy (non-hydrogen) atoms. The van der Waals surface area contributed by atoms with Crippen LogP contribution in [0.15, 0.2) is 79.1 Å². The summed E-state index contributed by atoms with van der Waals surface area (Å²) in [4.78, 5) is 30.9. The van der Waals surface area contributed by atoms with Crippen LogP contribution in [-0.4, -0.2) is 27.1 Å². The number of H-pyrrole nitrogens is 1. The Hall–Kier alpha value is -4.63. The molecule has 2 heterocycles. The molecule has 2 aromatic carbocycles. The van der Waals surface area contributed by atoms with Crippen LogP contribution >= 0.6 is 0 Å². The van der Waals surface area contributed by atoms with Gasteiger partial charge in [0.1, 0.15) is 11.5 Å². The Morgan fingerprint density at radius 2 is 1.73 bits per heavy atom. The molecule has 5 N–H and O–H groups in total. The van der Waals surface area contributed by atoms with Crippen LogP contribution in [-0.2, 0) is 0 Å². The van der Waals surface area contributed by atoms with Gasteiger partial charge in [0.25, 0.3) is 5.91 Å². The van der Waals surface area contributed by atoms with E-state index in [2.05, 4.69) is 20.6 Å². The number of hydrogen-bond acceptors (Lipinski definition) is 5. The van der Waals surface area contributed by atoms with Crippen molar-refractivity contribution in [1.29, 1.82) is 0 Å².